The first-order chi connectivity index (χ1) is 8.64. The van der Waals surface area contributed by atoms with Crippen LogP contribution in [0.15, 0.2) is 18.2 Å². The predicted molar refractivity (Wildman–Crippen MR) is 67.8 cm³/mol. The van der Waals surface area contributed by atoms with E-state index in [9.17, 15) is 4.39 Å². The number of benzene rings is 1. The van der Waals surface area contributed by atoms with E-state index >= 15 is 0 Å². The molecular formula is C14H17FN2O. The van der Waals surface area contributed by atoms with E-state index in [1.54, 1.807) is 12.1 Å². The van der Waals surface area contributed by atoms with Crippen molar-refractivity contribution in [2.24, 2.45) is 5.41 Å². The second kappa shape index (κ2) is 5.36. The lowest BCUT2D eigenvalue weighted by molar-refractivity contribution is 0.0300. The van der Waals surface area contributed by atoms with Crippen molar-refractivity contribution < 1.29 is 9.13 Å². The monoisotopic (exact) mass is 248 g/mol. The first kappa shape index (κ1) is 12.8. The fraction of sp³-hybridized carbons (Fsp3) is 0.500. The molecule has 0 bridgehead atoms. The van der Waals surface area contributed by atoms with Crippen LogP contribution in [0.1, 0.15) is 25.3 Å². The number of nitrogens with zero attached hydrogens (tertiary/aromatic N) is 1. The molecule has 0 amide bonds. The number of nitrogens with one attached hydrogen (secondary N) is 1. The van der Waals surface area contributed by atoms with Crippen LogP contribution in [0, 0.1) is 22.6 Å². The second-order valence-corrected chi connectivity index (χ2v) is 5.05. The number of nitriles is 1. The van der Waals surface area contributed by atoms with Crippen LogP contribution in [0.5, 0.6) is 0 Å². The van der Waals surface area contributed by atoms with Gasteiger partial charge in [0.2, 0.25) is 0 Å². The number of anilines is 1. The van der Waals surface area contributed by atoms with Crippen LogP contribution < -0.4 is 5.32 Å². The van der Waals surface area contributed by atoms with Gasteiger partial charge in [0, 0.05) is 19.8 Å². The Hall–Kier alpha value is -1.60. The molecule has 0 unspecified atom stereocenters. The maximum absolute atomic E-state index is 13.4. The smallest absolute Gasteiger partial charge is 0.143 e. The molecule has 1 aromatic rings. The third-order valence-electron chi connectivity index (χ3n) is 3.53. The van der Waals surface area contributed by atoms with Crippen LogP contribution in [0.3, 0.4) is 0 Å². The molecule has 2 rings (SSSR count). The van der Waals surface area contributed by atoms with Crippen molar-refractivity contribution in [1.29, 1.82) is 5.26 Å². The minimum atomic E-state index is -0.473. The summed E-state index contributed by atoms with van der Waals surface area (Å²) in [7, 11) is 0. The van der Waals surface area contributed by atoms with E-state index < -0.39 is 5.82 Å². The lowest BCUT2D eigenvalue weighted by Crippen LogP contribution is -2.33. The summed E-state index contributed by atoms with van der Waals surface area (Å²) in [4.78, 5) is 0. The highest BCUT2D eigenvalue weighted by Gasteiger charge is 2.27. The van der Waals surface area contributed by atoms with Crippen molar-refractivity contribution in [3.8, 4) is 6.07 Å². The van der Waals surface area contributed by atoms with Gasteiger partial charge in [-0.15, -0.1) is 0 Å². The zero-order valence-electron chi connectivity index (χ0n) is 10.5. The highest BCUT2D eigenvalue weighted by molar-refractivity contribution is 5.57. The van der Waals surface area contributed by atoms with Gasteiger partial charge in [-0.05, 0) is 30.4 Å². The van der Waals surface area contributed by atoms with Gasteiger partial charge in [0.25, 0.3) is 0 Å². The number of halogens is 1. The quantitative estimate of drug-likeness (QED) is 0.894. The maximum atomic E-state index is 13.4. The molecule has 1 heterocycles. The van der Waals surface area contributed by atoms with Crippen molar-refractivity contribution in [3.63, 3.8) is 0 Å². The third kappa shape index (κ3) is 2.80. The summed E-state index contributed by atoms with van der Waals surface area (Å²) in [6.45, 7) is 4.46. The van der Waals surface area contributed by atoms with E-state index in [1.165, 1.54) is 6.07 Å². The molecule has 3 nitrogen and oxygen atoms in total. The first-order valence-corrected chi connectivity index (χ1v) is 6.15. The Morgan fingerprint density at radius 3 is 2.83 bits per heavy atom. The Morgan fingerprint density at radius 1 is 1.44 bits per heavy atom. The Balaban J connectivity index is 2.06. The van der Waals surface area contributed by atoms with Crippen molar-refractivity contribution >= 4 is 5.69 Å². The number of rotatable bonds is 3. The zero-order valence-corrected chi connectivity index (χ0v) is 10.5. The summed E-state index contributed by atoms with van der Waals surface area (Å²) in [6.07, 6.45) is 1.97. The molecule has 0 aliphatic carbocycles. The van der Waals surface area contributed by atoms with Gasteiger partial charge in [0.05, 0.1) is 5.69 Å². The van der Waals surface area contributed by atoms with Crippen LogP contribution >= 0.6 is 0 Å². The number of hydrogen-bond acceptors (Lipinski definition) is 3. The average Bonchev–Trinajstić information content (AvgIpc) is 2.37. The molecule has 1 saturated heterocycles. The molecule has 0 spiro atoms. The van der Waals surface area contributed by atoms with Gasteiger partial charge >= 0.3 is 0 Å². The average molecular weight is 248 g/mol. The van der Waals surface area contributed by atoms with E-state index in [-0.39, 0.29) is 11.0 Å². The second-order valence-electron chi connectivity index (χ2n) is 5.05. The minimum Gasteiger partial charge on any atom is -0.383 e. The predicted octanol–water partition coefficient (Wildman–Crippen LogP) is 2.93. The van der Waals surface area contributed by atoms with Crippen molar-refractivity contribution in [2.75, 3.05) is 25.1 Å². The topological polar surface area (TPSA) is 45.0 Å². The summed E-state index contributed by atoms with van der Waals surface area (Å²) in [5.41, 5.74) is 0.815. The van der Waals surface area contributed by atoms with E-state index in [0.29, 0.717) is 5.69 Å². The first-order valence-electron chi connectivity index (χ1n) is 6.15. The van der Waals surface area contributed by atoms with Crippen LogP contribution in [0.4, 0.5) is 10.1 Å². The van der Waals surface area contributed by atoms with E-state index in [0.717, 1.165) is 32.6 Å². The lowest BCUT2D eigenvalue weighted by Gasteiger charge is -2.34. The molecule has 1 N–H and O–H groups in total. The molecule has 1 fully saturated rings. The molecule has 1 aromatic carbocycles. The zero-order chi connectivity index (χ0) is 13.0. The Kier molecular flexibility index (Phi) is 3.83. The van der Waals surface area contributed by atoms with E-state index in [2.05, 4.69) is 12.2 Å². The molecule has 1 aliphatic heterocycles. The molecule has 96 valence electrons. The highest BCUT2D eigenvalue weighted by atomic mass is 19.1. The van der Waals surface area contributed by atoms with Crippen LogP contribution in [-0.2, 0) is 4.74 Å². The van der Waals surface area contributed by atoms with Gasteiger partial charge in [-0.25, -0.2) is 4.39 Å². The van der Waals surface area contributed by atoms with Gasteiger partial charge in [-0.2, -0.15) is 5.26 Å². The Labute approximate surface area is 107 Å². The standard InChI is InChI=1S/C14H17FN2O/c1-14(5-7-18-8-6-14)10-17-13-4-2-3-12(15)11(13)9-16/h2-4,17H,5-8,10H2,1H3. The molecule has 0 radical (unpaired) electrons. The van der Waals surface area contributed by atoms with E-state index in [4.69, 9.17) is 10.00 Å². The summed E-state index contributed by atoms with van der Waals surface area (Å²) in [5.74, 6) is -0.473. The molecule has 1 aliphatic rings. The fourth-order valence-electron chi connectivity index (χ4n) is 2.13. The summed E-state index contributed by atoms with van der Waals surface area (Å²) in [6, 6.07) is 6.56. The normalized spacial score (nSPS) is 18.1. The van der Waals surface area contributed by atoms with Gasteiger partial charge in [0.1, 0.15) is 17.4 Å². The Morgan fingerprint density at radius 2 is 2.17 bits per heavy atom. The largest absolute Gasteiger partial charge is 0.383 e. The molecular weight excluding hydrogens is 231 g/mol. The molecule has 0 saturated carbocycles. The minimum absolute atomic E-state index is 0.0909. The van der Waals surface area contributed by atoms with Crippen LogP contribution in [-0.4, -0.2) is 19.8 Å². The summed E-state index contributed by atoms with van der Waals surface area (Å²) < 4.78 is 18.8. The van der Waals surface area contributed by atoms with E-state index in [1.807, 2.05) is 6.07 Å². The molecule has 4 heteroatoms. The third-order valence-corrected chi connectivity index (χ3v) is 3.53. The highest BCUT2D eigenvalue weighted by Crippen LogP contribution is 2.30. The number of ether oxygens (including phenoxy) is 1. The molecule has 0 aromatic heterocycles. The summed E-state index contributed by atoms with van der Waals surface area (Å²) >= 11 is 0. The SMILES string of the molecule is CC1(CNc2cccc(F)c2C#N)CCOCC1. The molecule has 0 atom stereocenters. The van der Waals surface area contributed by atoms with Crippen LogP contribution in [0.25, 0.3) is 0 Å². The maximum Gasteiger partial charge on any atom is 0.143 e. The lowest BCUT2D eigenvalue weighted by atomic mass is 9.82. The summed E-state index contributed by atoms with van der Waals surface area (Å²) in [5, 5.41) is 12.1. The van der Waals surface area contributed by atoms with Gasteiger partial charge in [-0.3, -0.25) is 0 Å². The molecule has 18 heavy (non-hydrogen) atoms. The van der Waals surface area contributed by atoms with Crippen molar-refractivity contribution in [2.45, 2.75) is 19.8 Å². The Bertz CT molecular complexity index is 461. The number of hydrogen-bond donors (Lipinski definition) is 1. The fourth-order valence-corrected chi connectivity index (χ4v) is 2.13. The van der Waals surface area contributed by atoms with Crippen molar-refractivity contribution in [3.05, 3.63) is 29.6 Å². The van der Waals surface area contributed by atoms with Crippen molar-refractivity contribution in [1.82, 2.24) is 0 Å². The van der Waals surface area contributed by atoms with Gasteiger partial charge in [0.15, 0.2) is 0 Å². The van der Waals surface area contributed by atoms with Gasteiger partial charge in [-0.1, -0.05) is 13.0 Å². The van der Waals surface area contributed by atoms with Gasteiger partial charge < -0.3 is 10.1 Å². The van der Waals surface area contributed by atoms with Crippen LogP contribution in [0.2, 0.25) is 0 Å².